The fourth-order valence-electron chi connectivity index (χ4n) is 2.02. The molecule has 5 nitrogen and oxygen atoms in total. The van der Waals surface area contributed by atoms with Crippen LogP contribution in [0, 0.1) is 0 Å². The molecule has 2 heterocycles. The van der Waals surface area contributed by atoms with Gasteiger partial charge in [-0.05, 0) is 18.6 Å². The van der Waals surface area contributed by atoms with Gasteiger partial charge in [-0.2, -0.15) is 0 Å². The first-order valence-corrected chi connectivity index (χ1v) is 7.82. The summed E-state index contributed by atoms with van der Waals surface area (Å²) in [4.78, 5) is 6.45. The summed E-state index contributed by atoms with van der Waals surface area (Å²) in [6.07, 6.45) is 0.637. The molecular weight excluding hydrogens is 270 g/mol. The largest absolute Gasteiger partial charge is 0.388 e. The van der Waals surface area contributed by atoms with E-state index in [1.165, 1.54) is 0 Å². The molecule has 0 radical (unpaired) electrons. The van der Waals surface area contributed by atoms with Crippen molar-refractivity contribution in [2.45, 2.75) is 12.5 Å². The van der Waals surface area contributed by atoms with Crippen molar-refractivity contribution in [3.05, 3.63) is 23.9 Å². The Labute approximate surface area is 112 Å². The second-order valence-electron chi connectivity index (χ2n) is 4.41. The van der Waals surface area contributed by atoms with Crippen molar-refractivity contribution >= 4 is 32.9 Å². The summed E-state index contributed by atoms with van der Waals surface area (Å²) in [6, 6.07) is 5.36. The summed E-state index contributed by atoms with van der Waals surface area (Å²) in [6.45, 7) is 0. The van der Waals surface area contributed by atoms with Crippen LogP contribution in [0.3, 0.4) is 0 Å². The predicted molar refractivity (Wildman–Crippen MR) is 75.6 cm³/mol. The number of hydrogen-bond acceptors (Lipinski definition) is 5. The van der Waals surface area contributed by atoms with Gasteiger partial charge in [-0.15, -0.1) is 0 Å². The molecule has 0 bridgehead atoms. The summed E-state index contributed by atoms with van der Waals surface area (Å²) in [5.41, 5.74) is 6.08. The molecule has 0 spiro atoms. The lowest BCUT2D eigenvalue weighted by atomic mass is 10.2. The summed E-state index contributed by atoms with van der Waals surface area (Å²) in [5.74, 6) is 1.13. The van der Waals surface area contributed by atoms with Gasteiger partial charge < -0.3 is 10.6 Å². The lowest BCUT2D eigenvalue weighted by molar-refractivity contribution is 0.600. The first kappa shape index (κ1) is 13.2. The highest BCUT2D eigenvalue weighted by Crippen LogP contribution is 2.21. The molecular formula is C11H15N3O2S2. The molecule has 1 unspecified atom stereocenters. The number of hydrogen-bond donors (Lipinski definition) is 1. The number of pyridine rings is 1. The minimum absolute atomic E-state index is 0.0240. The standard InChI is InChI=1S/C11H15N3O2S2/c1-14(8-5-6-18(15,16)7-8)10-4-2-3-9(13-10)11(12)17/h2-4,8H,5-7H2,1H3,(H2,12,17). The van der Waals surface area contributed by atoms with Gasteiger partial charge in [0.2, 0.25) is 0 Å². The topological polar surface area (TPSA) is 76.3 Å². The Kier molecular flexibility index (Phi) is 3.54. The lowest BCUT2D eigenvalue weighted by Crippen LogP contribution is -2.33. The highest BCUT2D eigenvalue weighted by Gasteiger charge is 2.31. The quantitative estimate of drug-likeness (QED) is 0.807. The first-order valence-electron chi connectivity index (χ1n) is 5.59. The molecule has 1 atom stereocenters. The van der Waals surface area contributed by atoms with Gasteiger partial charge in [0, 0.05) is 13.1 Å². The average Bonchev–Trinajstić information content (AvgIpc) is 2.69. The number of rotatable bonds is 3. The molecule has 0 aliphatic carbocycles. The van der Waals surface area contributed by atoms with Crippen LogP contribution in [-0.2, 0) is 9.84 Å². The second kappa shape index (κ2) is 4.81. The van der Waals surface area contributed by atoms with Crippen LogP contribution in [0.25, 0.3) is 0 Å². The third-order valence-corrected chi connectivity index (χ3v) is 5.06. The molecule has 0 amide bonds. The smallest absolute Gasteiger partial charge is 0.152 e. The minimum Gasteiger partial charge on any atom is -0.388 e. The van der Waals surface area contributed by atoms with Gasteiger partial charge in [0.1, 0.15) is 10.8 Å². The average molecular weight is 285 g/mol. The van der Waals surface area contributed by atoms with Gasteiger partial charge in [-0.25, -0.2) is 13.4 Å². The molecule has 0 aromatic carbocycles. The summed E-state index contributed by atoms with van der Waals surface area (Å²) >= 11 is 4.88. The number of anilines is 1. The molecule has 2 rings (SSSR count). The Bertz CT molecular complexity index is 571. The predicted octanol–water partition coefficient (Wildman–Crippen LogP) is 0.339. The van der Waals surface area contributed by atoms with E-state index in [0.29, 0.717) is 17.9 Å². The van der Waals surface area contributed by atoms with E-state index in [0.717, 1.165) is 0 Å². The maximum Gasteiger partial charge on any atom is 0.152 e. The molecule has 2 N–H and O–H groups in total. The van der Waals surface area contributed by atoms with E-state index in [2.05, 4.69) is 4.98 Å². The van der Waals surface area contributed by atoms with Crippen molar-refractivity contribution in [1.29, 1.82) is 0 Å². The minimum atomic E-state index is -2.89. The van der Waals surface area contributed by atoms with Crippen molar-refractivity contribution in [3.8, 4) is 0 Å². The third-order valence-electron chi connectivity index (χ3n) is 3.10. The number of thiocarbonyl (C=S) groups is 1. The van der Waals surface area contributed by atoms with Gasteiger partial charge in [-0.1, -0.05) is 18.3 Å². The number of aromatic nitrogens is 1. The van der Waals surface area contributed by atoms with E-state index in [9.17, 15) is 8.42 Å². The second-order valence-corrected chi connectivity index (χ2v) is 7.08. The molecule has 98 valence electrons. The zero-order valence-corrected chi connectivity index (χ0v) is 11.7. The molecule has 0 saturated carbocycles. The van der Waals surface area contributed by atoms with E-state index in [-0.39, 0.29) is 22.5 Å². The lowest BCUT2D eigenvalue weighted by Gasteiger charge is -2.24. The SMILES string of the molecule is CN(c1cccc(C(N)=S)n1)C1CCS(=O)(=O)C1. The summed E-state index contributed by atoms with van der Waals surface area (Å²) in [7, 11) is -1.05. The van der Waals surface area contributed by atoms with Crippen molar-refractivity contribution in [3.63, 3.8) is 0 Å². The summed E-state index contributed by atoms with van der Waals surface area (Å²) < 4.78 is 22.9. The van der Waals surface area contributed by atoms with Crippen LogP contribution in [0.15, 0.2) is 18.2 Å². The first-order chi connectivity index (χ1) is 8.39. The number of nitrogens with two attached hydrogens (primary N) is 1. The highest BCUT2D eigenvalue weighted by molar-refractivity contribution is 7.91. The molecule has 1 aliphatic rings. The van der Waals surface area contributed by atoms with Crippen LogP contribution in [0.1, 0.15) is 12.1 Å². The zero-order chi connectivity index (χ0) is 13.3. The molecule has 1 fully saturated rings. The maximum absolute atomic E-state index is 11.5. The Morgan fingerprint density at radius 1 is 1.56 bits per heavy atom. The summed E-state index contributed by atoms with van der Waals surface area (Å²) in [5, 5.41) is 0. The van der Waals surface area contributed by atoms with Crippen molar-refractivity contribution in [2.75, 3.05) is 23.5 Å². The number of nitrogens with zero attached hydrogens (tertiary/aromatic N) is 2. The van der Waals surface area contributed by atoms with Crippen LogP contribution >= 0.6 is 12.2 Å². The molecule has 18 heavy (non-hydrogen) atoms. The van der Waals surface area contributed by atoms with Crippen molar-refractivity contribution in [1.82, 2.24) is 4.98 Å². The fraction of sp³-hybridized carbons (Fsp3) is 0.455. The van der Waals surface area contributed by atoms with Gasteiger partial charge in [0.15, 0.2) is 9.84 Å². The Balaban J connectivity index is 2.21. The van der Waals surface area contributed by atoms with E-state index >= 15 is 0 Å². The monoisotopic (exact) mass is 285 g/mol. The highest BCUT2D eigenvalue weighted by atomic mass is 32.2. The Morgan fingerprint density at radius 3 is 2.83 bits per heavy atom. The molecule has 1 saturated heterocycles. The van der Waals surface area contributed by atoms with Crippen LogP contribution in [0.2, 0.25) is 0 Å². The van der Waals surface area contributed by atoms with Crippen LogP contribution in [-0.4, -0.2) is 43.0 Å². The van der Waals surface area contributed by atoms with Gasteiger partial charge in [0.05, 0.1) is 17.2 Å². The number of sulfone groups is 1. The Morgan fingerprint density at radius 2 is 2.28 bits per heavy atom. The van der Waals surface area contributed by atoms with Crippen LogP contribution in [0.4, 0.5) is 5.82 Å². The molecule has 1 aromatic heterocycles. The van der Waals surface area contributed by atoms with Gasteiger partial charge in [-0.3, -0.25) is 0 Å². The normalized spacial score (nSPS) is 21.7. The Hall–Kier alpha value is -1.21. The van der Waals surface area contributed by atoms with Gasteiger partial charge >= 0.3 is 0 Å². The van der Waals surface area contributed by atoms with E-state index in [4.69, 9.17) is 18.0 Å². The van der Waals surface area contributed by atoms with Crippen LogP contribution in [0.5, 0.6) is 0 Å². The zero-order valence-electron chi connectivity index (χ0n) is 10.0. The fourth-order valence-corrected chi connectivity index (χ4v) is 3.91. The maximum atomic E-state index is 11.5. The van der Waals surface area contributed by atoms with Gasteiger partial charge in [0.25, 0.3) is 0 Å². The van der Waals surface area contributed by atoms with Crippen LogP contribution < -0.4 is 10.6 Å². The van der Waals surface area contributed by atoms with E-state index < -0.39 is 9.84 Å². The van der Waals surface area contributed by atoms with Crippen molar-refractivity contribution in [2.24, 2.45) is 5.73 Å². The molecule has 7 heteroatoms. The van der Waals surface area contributed by atoms with E-state index in [1.54, 1.807) is 6.07 Å². The third kappa shape index (κ3) is 2.78. The molecule has 1 aromatic rings. The van der Waals surface area contributed by atoms with Crippen molar-refractivity contribution < 1.29 is 8.42 Å². The molecule has 1 aliphatic heterocycles. The van der Waals surface area contributed by atoms with E-state index in [1.807, 2.05) is 24.1 Å².